The monoisotopic (exact) mass is 356 g/mol. The number of nitrogens with zero attached hydrogens (tertiary/aromatic N) is 2. The van der Waals surface area contributed by atoms with E-state index in [-0.39, 0.29) is 5.71 Å². The molecule has 0 saturated heterocycles. The zero-order valence-electron chi connectivity index (χ0n) is 15.1. The molecule has 0 fully saturated rings. The lowest BCUT2D eigenvalue weighted by molar-refractivity contribution is -0.132. The van der Waals surface area contributed by atoms with Crippen molar-refractivity contribution in [1.82, 2.24) is 0 Å². The maximum Gasteiger partial charge on any atom is 0.360 e. The fraction of sp³-hybridized carbons (Fsp3) is 0.211. The molecule has 136 valence electrons. The summed E-state index contributed by atoms with van der Waals surface area (Å²) in [4.78, 5) is 21.5. The van der Waals surface area contributed by atoms with E-state index in [1.807, 2.05) is 19.1 Å². The number of ether oxygens (including phenoxy) is 2. The summed E-state index contributed by atoms with van der Waals surface area (Å²) in [7, 11) is 4.13. The van der Waals surface area contributed by atoms with Gasteiger partial charge in [0.2, 0.25) is 0 Å². The highest BCUT2D eigenvalue weighted by Crippen LogP contribution is 2.26. The molecular formula is C19H20N2O5. The van der Waals surface area contributed by atoms with Gasteiger partial charge in [0.25, 0.3) is 0 Å². The molecule has 0 atom stereocenters. The van der Waals surface area contributed by atoms with Gasteiger partial charge in [-0.1, -0.05) is 22.4 Å². The molecule has 0 bridgehead atoms. The molecule has 0 aliphatic rings. The maximum absolute atomic E-state index is 12.0. The van der Waals surface area contributed by atoms with Crippen LogP contribution >= 0.6 is 0 Å². The minimum Gasteiger partial charge on any atom is -0.464 e. The number of oxime groups is 2. The Morgan fingerprint density at radius 2 is 1.54 bits per heavy atom. The summed E-state index contributed by atoms with van der Waals surface area (Å²) in [6.07, 6.45) is 0. The molecule has 0 saturated carbocycles. The van der Waals surface area contributed by atoms with E-state index in [1.165, 1.54) is 21.3 Å². The third kappa shape index (κ3) is 4.60. The van der Waals surface area contributed by atoms with Crippen LogP contribution in [0.25, 0.3) is 0 Å². The summed E-state index contributed by atoms with van der Waals surface area (Å²) >= 11 is 0. The smallest absolute Gasteiger partial charge is 0.360 e. The minimum absolute atomic E-state index is 0.0188. The van der Waals surface area contributed by atoms with Gasteiger partial charge in [-0.05, 0) is 48.9 Å². The second-order valence-electron chi connectivity index (χ2n) is 5.10. The van der Waals surface area contributed by atoms with Crippen LogP contribution in [0.5, 0.6) is 11.5 Å². The Hall–Kier alpha value is -3.35. The quantitative estimate of drug-likeness (QED) is 0.432. The average Bonchev–Trinajstić information content (AvgIpc) is 2.67. The van der Waals surface area contributed by atoms with E-state index >= 15 is 0 Å². The first-order valence-corrected chi connectivity index (χ1v) is 7.75. The lowest BCUT2D eigenvalue weighted by atomic mass is 10.1. The summed E-state index contributed by atoms with van der Waals surface area (Å²) < 4.78 is 10.7. The van der Waals surface area contributed by atoms with E-state index in [4.69, 9.17) is 19.1 Å². The first-order valence-electron chi connectivity index (χ1n) is 7.75. The second kappa shape index (κ2) is 9.22. The third-order valence-corrected chi connectivity index (χ3v) is 3.43. The van der Waals surface area contributed by atoms with Crippen LogP contribution in [-0.2, 0) is 19.2 Å². The molecule has 0 amide bonds. The van der Waals surface area contributed by atoms with Gasteiger partial charge in [0.1, 0.15) is 25.7 Å². The molecule has 0 spiro atoms. The lowest BCUT2D eigenvalue weighted by Gasteiger charge is -2.12. The minimum atomic E-state index is -0.621. The second-order valence-corrected chi connectivity index (χ2v) is 5.10. The van der Waals surface area contributed by atoms with E-state index in [1.54, 1.807) is 36.4 Å². The Bertz CT molecular complexity index is 813. The van der Waals surface area contributed by atoms with Gasteiger partial charge < -0.3 is 19.1 Å². The summed E-state index contributed by atoms with van der Waals surface area (Å²) in [6.45, 7) is 1.85. The van der Waals surface area contributed by atoms with Crippen LogP contribution in [0.15, 0.2) is 58.8 Å². The fourth-order valence-electron chi connectivity index (χ4n) is 2.22. The number of carbonyl (C=O) groups is 1. The topological polar surface area (TPSA) is 78.7 Å². The molecule has 2 aromatic carbocycles. The van der Waals surface area contributed by atoms with E-state index < -0.39 is 5.97 Å². The number of benzene rings is 2. The van der Waals surface area contributed by atoms with Gasteiger partial charge in [-0.25, -0.2) is 4.79 Å². The third-order valence-electron chi connectivity index (χ3n) is 3.43. The number of hydrogen-bond acceptors (Lipinski definition) is 7. The zero-order valence-corrected chi connectivity index (χ0v) is 15.1. The number of esters is 1. The van der Waals surface area contributed by atoms with Crippen molar-refractivity contribution in [3.63, 3.8) is 0 Å². The van der Waals surface area contributed by atoms with Crippen LogP contribution in [0.3, 0.4) is 0 Å². The summed E-state index contributed by atoms with van der Waals surface area (Å²) in [5, 5.41) is 7.65. The highest BCUT2D eigenvalue weighted by atomic mass is 16.6. The number of methoxy groups -OCH3 is 1. The van der Waals surface area contributed by atoms with Crippen molar-refractivity contribution in [2.45, 2.75) is 6.92 Å². The molecule has 2 rings (SSSR count). The normalized spacial score (nSPS) is 11.7. The van der Waals surface area contributed by atoms with Gasteiger partial charge >= 0.3 is 5.97 Å². The maximum atomic E-state index is 12.0. The number of rotatable bonds is 7. The van der Waals surface area contributed by atoms with E-state index in [2.05, 4.69) is 10.3 Å². The van der Waals surface area contributed by atoms with Crippen molar-refractivity contribution in [2.75, 3.05) is 21.3 Å². The molecule has 0 unspecified atom stereocenters. The molecular weight excluding hydrogens is 336 g/mol. The van der Waals surface area contributed by atoms with Crippen molar-refractivity contribution < 1.29 is 23.9 Å². The van der Waals surface area contributed by atoms with Gasteiger partial charge in [-0.2, -0.15) is 0 Å². The average molecular weight is 356 g/mol. The van der Waals surface area contributed by atoms with Crippen LogP contribution in [0.4, 0.5) is 0 Å². The van der Waals surface area contributed by atoms with Crippen LogP contribution in [-0.4, -0.2) is 38.7 Å². The van der Waals surface area contributed by atoms with Gasteiger partial charge in [0.15, 0.2) is 5.71 Å². The standard InChI is InChI=1S/C19H20N2O5/c1-13(20-24-3)14-9-11-15(12-10-14)26-17-8-6-5-7-16(17)18(21-25-4)19(22)23-2/h5-12H,1-4H3. The van der Waals surface area contributed by atoms with Gasteiger partial charge in [0, 0.05) is 0 Å². The molecule has 26 heavy (non-hydrogen) atoms. The van der Waals surface area contributed by atoms with Crippen LogP contribution < -0.4 is 4.74 Å². The Balaban J connectivity index is 2.32. The van der Waals surface area contributed by atoms with Crippen molar-refractivity contribution in [2.24, 2.45) is 10.3 Å². The Labute approximate surface area is 151 Å². The van der Waals surface area contributed by atoms with Crippen molar-refractivity contribution in [1.29, 1.82) is 0 Å². The molecule has 7 heteroatoms. The van der Waals surface area contributed by atoms with Crippen molar-refractivity contribution >= 4 is 17.4 Å². The SMILES string of the molecule is CON=C(C)c1ccc(Oc2ccccc2C(=NOC)C(=O)OC)cc1. The van der Waals surface area contributed by atoms with Crippen LogP contribution in [0.2, 0.25) is 0 Å². The molecule has 2 aromatic rings. The lowest BCUT2D eigenvalue weighted by Crippen LogP contribution is -2.18. The van der Waals surface area contributed by atoms with E-state index in [0.717, 1.165) is 11.3 Å². The summed E-state index contributed by atoms with van der Waals surface area (Å²) in [5.74, 6) is 0.418. The highest BCUT2D eigenvalue weighted by molar-refractivity contribution is 6.43. The predicted molar refractivity (Wildman–Crippen MR) is 97.7 cm³/mol. The van der Waals surface area contributed by atoms with Crippen molar-refractivity contribution in [3.8, 4) is 11.5 Å². The molecule has 0 aliphatic heterocycles. The molecule has 0 aromatic heterocycles. The zero-order chi connectivity index (χ0) is 18.9. The molecule has 0 radical (unpaired) electrons. The fourth-order valence-corrected chi connectivity index (χ4v) is 2.22. The van der Waals surface area contributed by atoms with Crippen LogP contribution in [0, 0.1) is 0 Å². The Morgan fingerprint density at radius 1 is 0.885 bits per heavy atom. The predicted octanol–water partition coefficient (Wildman–Crippen LogP) is 3.37. The van der Waals surface area contributed by atoms with Gasteiger partial charge in [0.05, 0.1) is 18.4 Å². The van der Waals surface area contributed by atoms with Gasteiger partial charge in [-0.3, -0.25) is 0 Å². The first-order chi connectivity index (χ1) is 12.6. The molecule has 0 N–H and O–H groups in total. The van der Waals surface area contributed by atoms with E-state index in [0.29, 0.717) is 17.1 Å². The van der Waals surface area contributed by atoms with Crippen LogP contribution in [0.1, 0.15) is 18.1 Å². The Morgan fingerprint density at radius 3 is 2.15 bits per heavy atom. The first kappa shape index (κ1) is 19.0. The molecule has 7 nitrogen and oxygen atoms in total. The van der Waals surface area contributed by atoms with Crippen molar-refractivity contribution in [3.05, 3.63) is 59.7 Å². The summed E-state index contributed by atoms with van der Waals surface area (Å²) in [5.41, 5.74) is 2.14. The summed E-state index contributed by atoms with van der Waals surface area (Å²) in [6, 6.07) is 14.3. The molecule has 0 heterocycles. The molecule has 0 aliphatic carbocycles. The van der Waals surface area contributed by atoms with E-state index in [9.17, 15) is 4.79 Å². The number of para-hydroxylation sites is 1. The Kier molecular flexibility index (Phi) is 6.73. The largest absolute Gasteiger partial charge is 0.464 e. The highest BCUT2D eigenvalue weighted by Gasteiger charge is 2.20. The van der Waals surface area contributed by atoms with Gasteiger partial charge in [-0.15, -0.1) is 0 Å². The number of hydrogen-bond donors (Lipinski definition) is 0. The number of carbonyl (C=O) groups excluding carboxylic acids is 1.